The summed E-state index contributed by atoms with van der Waals surface area (Å²) in [7, 11) is 0. The van der Waals surface area contributed by atoms with Gasteiger partial charge >= 0.3 is 5.97 Å². The van der Waals surface area contributed by atoms with Crippen molar-refractivity contribution in [1.82, 2.24) is 4.98 Å². The van der Waals surface area contributed by atoms with Gasteiger partial charge in [0.15, 0.2) is 0 Å². The van der Waals surface area contributed by atoms with E-state index in [0.29, 0.717) is 5.69 Å². The highest BCUT2D eigenvalue weighted by Crippen LogP contribution is 2.26. The highest BCUT2D eigenvalue weighted by molar-refractivity contribution is 5.94. The van der Waals surface area contributed by atoms with E-state index in [4.69, 9.17) is 5.11 Å². The van der Waals surface area contributed by atoms with Crippen LogP contribution in [0.3, 0.4) is 0 Å². The lowest BCUT2D eigenvalue weighted by Gasteiger charge is -2.37. The number of piperazine rings is 1. The molecule has 6 heteroatoms. The van der Waals surface area contributed by atoms with Gasteiger partial charge in [0.25, 0.3) is 0 Å². The summed E-state index contributed by atoms with van der Waals surface area (Å²) in [4.78, 5) is 18.3. The number of H-pyrrole nitrogens is 1. The van der Waals surface area contributed by atoms with E-state index < -0.39 is 5.97 Å². The number of carboxylic acids is 1. The van der Waals surface area contributed by atoms with E-state index in [1.165, 1.54) is 6.07 Å². The quantitative estimate of drug-likeness (QED) is 0.768. The van der Waals surface area contributed by atoms with Crippen LogP contribution in [0.2, 0.25) is 0 Å². The van der Waals surface area contributed by atoms with E-state index in [1.807, 2.05) is 30.3 Å². The van der Waals surface area contributed by atoms with Crippen molar-refractivity contribution < 1.29 is 14.3 Å². The predicted molar refractivity (Wildman–Crippen MR) is 96.1 cm³/mol. The van der Waals surface area contributed by atoms with E-state index in [2.05, 4.69) is 14.8 Å². The summed E-state index contributed by atoms with van der Waals surface area (Å²) in [5, 5.41) is 9.97. The average Bonchev–Trinajstić information content (AvgIpc) is 3.06. The zero-order valence-corrected chi connectivity index (χ0v) is 13.6. The summed E-state index contributed by atoms with van der Waals surface area (Å²) in [5.74, 6) is -1.15. The maximum Gasteiger partial charge on any atom is 0.352 e. The Hall–Kier alpha value is -3.02. The minimum Gasteiger partial charge on any atom is -0.477 e. The van der Waals surface area contributed by atoms with Crippen LogP contribution in [0.25, 0.3) is 10.9 Å². The zero-order valence-electron chi connectivity index (χ0n) is 13.6. The van der Waals surface area contributed by atoms with Crippen LogP contribution in [0.5, 0.6) is 0 Å². The number of aromatic carboxylic acids is 1. The van der Waals surface area contributed by atoms with Crippen molar-refractivity contribution in [3.8, 4) is 0 Å². The van der Waals surface area contributed by atoms with Crippen LogP contribution < -0.4 is 9.80 Å². The third kappa shape index (κ3) is 2.91. The number of fused-ring (bicyclic) bond motifs is 1. The number of anilines is 2. The van der Waals surface area contributed by atoms with Crippen molar-refractivity contribution in [3.63, 3.8) is 0 Å². The summed E-state index contributed by atoms with van der Waals surface area (Å²) in [5.41, 5.74) is 2.70. The molecule has 0 unspecified atom stereocenters. The smallest absolute Gasteiger partial charge is 0.352 e. The molecule has 0 aliphatic carbocycles. The molecule has 3 aromatic rings. The number of carbonyl (C=O) groups is 1. The number of hydrogen-bond acceptors (Lipinski definition) is 3. The first kappa shape index (κ1) is 15.5. The Bertz CT molecular complexity index is 929. The first-order valence-corrected chi connectivity index (χ1v) is 8.22. The third-order valence-corrected chi connectivity index (χ3v) is 4.67. The lowest BCUT2D eigenvalue weighted by Crippen LogP contribution is -2.46. The van der Waals surface area contributed by atoms with Crippen LogP contribution in [0, 0.1) is 5.82 Å². The standard InChI is InChI=1S/C19H18FN3O2/c20-15-3-1-2-4-18(15)23-9-7-22(8-10-23)14-5-6-16-13(11-14)12-17(21-16)19(24)25/h1-6,11-12,21H,7-10H2,(H,24,25). The molecule has 0 amide bonds. The van der Waals surface area contributed by atoms with Gasteiger partial charge in [0.2, 0.25) is 0 Å². The molecule has 2 heterocycles. The van der Waals surface area contributed by atoms with Gasteiger partial charge in [-0.3, -0.25) is 0 Å². The topological polar surface area (TPSA) is 59.6 Å². The number of benzene rings is 2. The number of rotatable bonds is 3. The van der Waals surface area contributed by atoms with Crippen molar-refractivity contribution in [3.05, 3.63) is 60.0 Å². The van der Waals surface area contributed by atoms with Crippen molar-refractivity contribution in [1.29, 1.82) is 0 Å². The van der Waals surface area contributed by atoms with Gasteiger partial charge in [0, 0.05) is 42.8 Å². The van der Waals surface area contributed by atoms with Crippen LogP contribution in [-0.4, -0.2) is 42.2 Å². The summed E-state index contributed by atoms with van der Waals surface area (Å²) in [6.07, 6.45) is 0. The zero-order chi connectivity index (χ0) is 17.4. The largest absolute Gasteiger partial charge is 0.477 e. The second-order valence-electron chi connectivity index (χ2n) is 6.19. The molecule has 0 bridgehead atoms. The molecular weight excluding hydrogens is 321 g/mol. The van der Waals surface area contributed by atoms with Crippen LogP contribution >= 0.6 is 0 Å². The van der Waals surface area contributed by atoms with Crippen molar-refractivity contribution >= 4 is 28.2 Å². The van der Waals surface area contributed by atoms with Crippen molar-refractivity contribution in [2.45, 2.75) is 0 Å². The maximum absolute atomic E-state index is 13.9. The summed E-state index contributed by atoms with van der Waals surface area (Å²) < 4.78 is 13.9. The van der Waals surface area contributed by atoms with Crippen LogP contribution in [0.15, 0.2) is 48.5 Å². The minimum atomic E-state index is -0.962. The molecule has 25 heavy (non-hydrogen) atoms. The normalized spacial score (nSPS) is 14.9. The Morgan fingerprint density at radius 2 is 1.72 bits per heavy atom. The van der Waals surface area contributed by atoms with Crippen LogP contribution in [0.4, 0.5) is 15.8 Å². The summed E-state index contributed by atoms with van der Waals surface area (Å²) in [6, 6.07) is 14.4. The molecule has 1 aliphatic rings. The van der Waals surface area contributed by atoms with E-state index in [-0.39, 0.29) is 11.5 Å². The molecule has 0 saturated carbocycles. The van der Waals surface area contributed by atoms with Gasteiger partial charge in [-0.25, -0.2) is 9.18 Å². The molecule has 2 aromatic carbocycles. The Morgan fingerprint density at radius 3 is 2.44 bits per heavy atom. The second-order valence-corrected chi connectivity index (χ2v) is 6.19. The second kappa shape index (κ2) is 6.12. The number of nitrogens with zero attached hydrogens (tertiary/aromatic N) is 2. The SMILES string of the molecule is O=C(O)c1cc2cc(N3CCN(c4ccccc4F)CC3)ccc2[nH]1. The molecule has 1 aliphatic heterocycles. The lowest BCUT2D eigenvalue weighted by atomic mass is 10.2. The summed E-state index contributed by atoms with van der Waals surface area (Å²) >= 11 is 0. The van der Waals surface area contributed by atoms with E-state index in [9.17, 15) is 9.18 Å². The van der Waals surface area contributed by atoms with Gasteiger partial charge in [0.05, 0.1) is 5.69 Å². The molecule has 128 valence electrons. The van der Waals surface area contributed by atoms with Crippen LogP contribution in [0.1, 0.15) is 10.5 Å². The number of hydrogen-bond donors (Lipinski definition) is 2. The molecule has 1 saturated heterocycles. The minimum absolute atomic E-state index is 0.189. The number of para-hydroxylation sites is 1. The van der Waals surface area contributed by atoms with E-state index in [0.717, 1.165) is 42.8 Å². The Morgan fingerprint density at radius 1 is 1.00 bits per heavy atom. The number of halogens is 1. The Labute approximate surface area is 144 Å². The highest BCUT2D eigenvalue weighted by Gasteiger charge is 2.20. The fourth-order valence-electron chi connectivity index (χ4n) is 3.35. The molecule has 1 aromatic heterocycles. The fraction of sp³-hybridized carbons (Fsp3) is 0.211. The highest BCUT2D eigenvalue weighted by atomic mass is 19.1. The number of carboxylic acid groups (broad SMARTS) is 1. The van der Waals surface area contributed by atoms with E-state index >= 15 is 0 Å². The first-order valence-electron chi connectivity index (χ1n) is 8.22. The predicted octanol–water partition coefficient (Wildman–Crippen LogP) is 3.33. The summed E-state index contributed by atoms with van der Waals surface area (Å²) in [6.45, 7) is 3.06. The number of aromatic amines is 1. The van der Waals surface area contributed by atoms with Gasteiger partial charge < -0.3 is 19.9 Å². The molecule has 5 nitrogen and oxygen atoms in total. The molecule has 0 atom stereocenters. The molecule has 0 spiro atoms. The van der Waals surface area contributed by atoms with E-state index in [1.54, 1.807) is 12.1 Å². The van der Waals surface area contributed by atoms with Crippen molar-refractivity contribution in [2.75, 3.05) is 36.0 Å². The molecule has 0 radical (unpaired) electrons. The first-order chi connectivity index (χ1) is 12.1. The van der Waals surface area contributed by atoms with Gasteiger partial charge in [-0.15, -0.1) is 0 Å². The lowest BCUT2D eigenvalue weighted by molar-refractivity contribution is 0.0691. The van der Waals surface area contributed by atoms with Gasteiger partial charge in [-0.2, -0.15) is 0 Å². The van der Waals surface area contributed by atoms with Gasteiger partial charge in [0.1, 0.15) is 11.5 Å². The average molecular weight is 339 g/mol. The van der Waals surface area contributed by atoms with Crippen LogP contribution in [-0.2, 0) is 0 Å². The molecule has 2 N–H and O–H groups in total. The monoisotopic (exact) mass is 339 g/mol. The molecule has 1 fully saturated rings. The van der Waals surface area contributed by atoms with Crippen molar-refractivity contribution in [2.24, 2.45) is 0 Å². The molecular formula is C19H18FN3O2. The fourth-order valence-corrected chi connectivity index (χ4v) is 3.35. The maximum atomic E-state index is 13.9. The molecule has 4 rings (SSSR count). The Kier molecular flexibility index (Phi) is 3.80. The Balaban J connectivity index is 1.51. The van der Waals surface area contributed by atoms with Gasteiger partial charge in [-0.05, 0) is 36.4 Å². The number of aromatic nitrogens is 1. The number of nitrogens with one attached hydrogen (secondary N) is 1. The van der Waals surface area contributed by atoms with Gasteiger partial charge in [-0.1, -0.05) is 12.1 Å². The third-order valence-electron chi connectivity index (χ3n) is 4.67.